The molecule has 2 aromatic rings. The molecule has 0 amide bonds. The van der Waals surface area contributed by atoms with Crippen molar-refractivity contribution in [2.75, 3.05) is 0 Å². The van der Waals surface area contributed by atoms with Gasteiger partial charge in [0.1, 0.15) is 6.10 Å². The van der Waals surface area contributed by atoms with Crippen LogP contribution in [0.15, 0.2) is 41.6 Å². The molecule has 1 atom stereocenters. The van der Waals surface area contributed by atoms with Crippen molar-refractivity contribution in [3.63, 3.8) is 0 Å². The lowest BCUT2D eigenvalue weighted by molar-refractivity contribution is 0.0720. The van der Waals surface area contributed by atoms with E-state index in [9.17, 15) is 4.79 Å². The van der Waals surface area contributed by atoms with E-state index in [1.807, 2.05) is 0 Å². The topological polar surface area (TPSA) is 38.7 Å². The first-order chi connectivity index (χ1) is 10.6. The molecule has 0 bridgehead atoms. The molecule has 2 heterocycles. The summed E-state index contributed by atoms with van der Waals surface area (Å²) in [7, 11) is 0. The van der Waals surface area contributed by atoms with E-state index in [-0.39, 0.29) is 11.9 Å². The highest BCUT2D eigenvalue weighted by atomic mass is 35.5. The van der Waals surface area contributed by atoms with Crippen LogP contribution in [0.4, 0.5) is 0 Å². The number of carbonyl (C=O) groups excluding carboxylic acids is 1. The fraction of sp³-hybridized carbons (Fsp3) is 0.294. The van der Waals surface area contributed by atoms with E-state index < -0.39 is 0 Å². The third kappa shape index (κ3) is 3.57. The zero-order valence-corrected chi connectivity index (χ0v) is 13.8. The van der Waals surface area contributed by atoms with Gasteiger partial charge in [0.2, 0.25) is 0 Å². The Bertz CT molecular complexity index is 706. The molecular weight excluding hydrogens is 318 g/mol. The summed E-state index contributed by atoms with van der Waals surface area (Å²) in [4.78, 5) is 18.2. The lowest BCUT2D eigenvalue weighted by Gasteiger charge is -2.06. The lowest BCUT2D eigenvalue weighted by Crippen LogP contribution is -2.11. The van der Waals surface area contributed by atoms with Crippen molar-refractivity contribution in [3.05, 3.63) is 56.7 Å². The van der Waals surface area contributed by atoms with Crippen LogP contribution in [0.2, 0.25) is 4.34 Å². The molecule has 0 aliphatic carbocycles. The Morgan fingerprint density at radius 1 is 1.32 bits per heavy atom. The summed E-state index contributed by atoms with van der Waals surface area (Å²) < 4.78 is 0.644. The minimum absolute atomic E-state index is 0.0179. The predicted octanol–water partition coefficient (Wildman–Crippen LogP) is 4.87. The molecule has 0 radical (unpaired) electrons. The van der Waals surface area contributed by atoms with Crippen molar-refractivity contribution >= 4 is 34.4 Å². The van der Waals surface area contributed by atoms with Crippen LogP contribution in [0.3, 0.4) is 0 Å². The molecular formula is C17H16ClNO2S. The minimum Gasteiger partial charge on any atom is -0.392 e. The first-order valence-electron chi connectivity index (χ1n) is 7.20. The Morgan fingerprint density at radius 3 is 2.77 bits per heavy atom. The van der Waals surface area contributed by atoms with Gasteiger partial charge in [-0.05, 0) is 31.0 Å². The van der Waals surface area contributed by atoms with Gasteiger partial charge < -0.3 is 4.84 Å². The third-order valence-corrected chi connectivity index (χ3v) is 4.93. The molecule has 1 aliphatic heterocycles. The molecule has 1 aromatic carbocycles. The van der Waals surface area contributed by atoms with Gasteiger partial charge in [-0.1, -0.05) is 46.6 Å². The van der Waals surface area contributed by atoms with Crippen LogP contribution < -0.4 is 0 Å². The highest BCUT2D eigenvalue weighted by molar-refractivity contribution is 7.18. The van der Waals surface area contributed by atoms with Crippen molar-refractivity contribution < 1.29 is 9.63 Å². The second-order valence-corrected chi connectivity index (χ2v) is 7.12. The normalized spacial score (nSPS) is 17.2. The first kappa shape index (κ1) is 15.3. The molecule has 5 heteroatoms. The highest BCUT2D eigenvalue weighted by Gasteiger charge is 2.23. The number of Topliss-reactive ketones (excluding diaryl/α,β-unsaturated/α-hetero) is 1. The summed E-state index contributed by atoms with van der Waals surface area (Å²) in [6, 6.07) is 11.8. The Kier molecular flexibility index (Phi) is 4.60. The fourth-order valence-electron chi connectivity index (χ4n) is 2.38. The molecule has 1 aromatic heterocycles. The largest absolute Gasteiger partial charge is 0.392 e. The van der Waals surface area contributed by atoms with Crippen molar-refractivity contribution in [2.45, 2.75) is 32.3 Å². The van der Waals surface area contributed by atoms with Gasteiger partial charge in [-0.2, -0.15) is 0 Å². The van der Waals surface area contributed by atoms with E-state index in [0.29, 0.717) is 22.1 Å². The minimum atomic E-state index is -0.0179. The summed E-state index contributed by atoms with van der Waals surface area (Å²) >= 11 is 7.18. The van der Waals surface area contributed by atoms with Gasteiger partial charge in [-0.3, -0.25) is 4.79 Å². The van der Waals surface area contributed by atoms with Gasteiger partial charge in [0.15, 0.2) is 5.78 Å². The monoisotopic (exact) mass is 333 g/mol. The maximum atomic E-state index is 12.1. The average Bonchev–Trinajstić information content (AvgIpc) is 3.15. The molecule has 0 saturated heterocycles. The Labute approximate surface area is 138 Å². The summed E-state index contributed by atoms with van der Waals surface area (Å²) in [6.07, 6.45) is 1.86. The number of aryl methyl sites for hydroxylation is 1. The van der Waals surface area contributed by atoms with Crippen molar-refractivity contribution in [3.8, 4) is 0 Å². The first-order valence-corrected chi connectivity index (χ1v) is 8.39. The van der Waals surface area contributed by atoms with Crippen LogP contribution >= 0.6 is 22.9 Å². The number of hydrogen-bond acceptors (Lipinski definition) is 4. The van der Waals surface area contributed by atoms with Gasteiger partial charge in [-0.15, -0.1) is 11.3 Å². The number of thiophene rings is 1. The van der Waals surface area contributed by atoms with E-state index in [1.54, 1.807) is 12.1 Å². The second kappa shape index (κ2) is 6.63. The SMILES string of the molecule is Cc1ccc(C2=NOC(CCC(=O)c3ccc(Cl)s3)C2)cc1. The highest BCUT2D eigenvalue weighted by Crippen LogP contribution is 2.25. The maximum Gasteiger partial charge on any atom is 0.172 e. The van der Waals surface area contributed by atoms with Gasteiger partial charge in [-0.25, -0.2) is 0 Å². The molecule has 3 nitrogen and oxygen atoms in total. The molecule has 1 unspecified atom stereocenters. The van der Waals surface area contributed by atoms with E-state index in [2.05, 4.69) is 36.3 Å². The fourth-order valence-corrected chi connectivity index (χ4v) is 3.39. The van der Waals surface area contributed by atoms with E-state index in [0.717, 1.165) is 17.7 Å². The number of benzene rings is 1. The van der Waals surface area contributed by atoms with Crippen LogP contribution in [0.5, 0.6) is 0 Å². The molecule has 0 spiro atoms. The van der Waals surface area contributed by atoms with Gasteiger partial charge in [0, 0.05) is 12.8 Å². The van der Waals surface area contributed by atoms with Crippen LogP contribution in [-0.4, -0.2) is 17.6 Å². The average molecular weight is 334 g/mol. The standard InChI is InChI=1S/C17H16ClNO2S/c1-11-2-4-12(5-3-11)14-10-13(21-19-14)6-7-15(20)16-8-9-17(18)22-16/h2-5,8-9,13H,6-7,10H2,1H3. The molecule has 0 N–H and O–H groups in total. The number of oxime groups is 1. The molecule has 0 saturated carbocycles. The molecule has 114 valence electrons. The van der Waals surface area contributed by atoms with E-state index >= 15 is 0 Å². The molecule has 3 rings (SSSR count). The zero-order chi connectivity index (χ0) is 15.5. The van der Waals surface area contributed by atoms with Crippen molar-refractivity contribution in [1.82, 2.24) is 0 Å². The Hall–Kier alpha value is -1.65. The Morgan fingerprint density at radius 2 is 2.09 bits per heavy atom. The molecule has 0 fully saturated rings. The summed E-state index contributed by atoms with van der Waals surface area (Å²) in [5.41, 5.74) is 3.26. The second-order valence-electron chi connectivity index (χ2n) is 5.40. The number of carbonyl (C=O) groups is 1. The van der Waals surface area contributed by atoms with Crippen LogP contribution in [0.25, 0.3) is 0 Å². The van der Waals surface area contributed by atoms with Gasteiger partial charge in [0.25, 0.3) is 0 Å². The summed E-state index contributed by atoms with van der Waals surface area (Å²) in [5, 5.41) is 4.16. The predicted molar refractivity (Wildman–Crippen MR) is 90.1 cm³/mol. The number of rotatable bonds is 5. The quantitative estimate of drug-likeness (QED) is 0.732. The van der Waals surface area contributed by atoms with Gasteiger partial charge >= 0.3 is 0 Å². The zero-order valence-electron chi connectivity index (χ0n) is 12.2. The third-order valence-electron chi connectivity index (χ3n) is 3.66. The molecule has 1 aliphatic rings. The lowest BCUT2D eigenvalue weighted by atomic mass is 10.0. The summed E-state index contributed by atoms with van der Waals surface area (Å²) in [6.45, 7) is 2.06. The van der Waals surface area contributed by atoms with Crippen molar-refractivity contribution in [2.24, 2.45) is 5.16 Å². The van der Waals surface area contributed by atoms with Gasteiger partial charge in [0.05, 0.1) is 14.9 Å². The van der Waals surface area contributed by atoms with Crippen LogP contribution in [-0.2, 0) is 4.84 Å². The number of hydrogen-bond donors (Lipinski definition) is 0. The maximum absolute atomic E-state index is 12.1. The summed E-state index contributed by atoms with van der Waals surface area (Å²) in [5.74, 6) is 0.115. The van der Waals surface area contributed by atoms with Crippen LogP contribution in [0.1, 0.15) is 40.1 Å². The van der Waals surface area contributed by atoms with Crippen LogP contribution in [0, 0.1) is 6.92 Å². The van der Waals surface area contributed by atoms with E-state index in [1.165, 1.54) is 16.9 Å². The number of halogens is 1. The van der Waals surface area contributed by atoms with E-state index in [4.69, 9.17) is 16.4 Å². The Balaban J connectivity index is 1.52. The smallest absolute Gasteiger partial charge is 0.172 e. The number of ketones is 1. The number of nitrogens with zero attached hydrogens (tertiary/aromatic N) is 1. The molecule has 22 heavy (non-hydrogen) atoms. The van der Waals surface area contributed by atoms with Crippen molar-refractivity contribution in [1.29, 1.82) is 0 Å².